The Hall–Kier alpha value is -1.63. The number of aryl methyl sites for hydroxylation is 1. The standard InChI is InChI=1S/C9H9F3N2O2/c1-5-2-6(14(15)16)3-8(7(5)4-13)9(10,11)12/h2-3H,4,13H2,1H3. The van der Waals surface area contributed by atoms with Crippen molar-refractivity contribution in [3.8, 4) is 0 Å². The van der Waals surface area contributed by atoms with Gasteiger partial charge < -0.3 is 5.73 Å². The van der Waals surface area contributed by atoms with E-state index >= 15 is 0 Å². The maximum absolute atomic E-state index is 12.6. The highest BCUT2D eigenvalue weighted by Gasteiger charge is 2.35. The molecule has 4 nitrogen and oxygen atoms in total. The Balaban J connectivity index is 3.49. The number of nitrogens with two attached hydrogens (primary N) is 1. The molecule has 88 valence electrons. The Morgan fingerprint density at radius 3 is 2.38 bits per heavy atom. The van der Waals surface area contributed by atoms with Crippen LogP contribution in [-0.4, -0.2) is 4.92 Å². The lowest BCUT2D eigenvalue weighted by molar-refractivity contribution is -0.385. The number of nitrogens with zero attached hydrogens (tertiary/aromatic N) is 1. The van der Waals surface area contributed by atoms with Gasteiger partial charge in [-0.3, -0.25) is 10.1 Å². The molecule has 0 aliphatic rings. The van der Waals surface area contributed by atoms with Gasteiger partial charge >= 0.3 is 6.18 Å². The number of hydrogen-bond donors (Lipinski definition) is 1. The van der Waals surface area contributed by atoms with Crippen molar-refractivity contribution in [1.82, 2.24) is 0 Å². The summed E-state index contributed by atoms with van der Waals surface area (Å²) in [6.45, 7) is 1.06. The third-order valence-corrected chi connectivity index (χ3v) is 2.18. The number of benzene rings is 1. The molecule has 1 aromatic rings. The van der Waals surface area contributed by atoms with Gasteiger partial charge in [0.2, 0.25) is 0 Å². The van der Waals surface area contributed by atoms with E-state index in [0.717, 1.165) is 6.07 Å². The van der Waals surface area contributed by atoms with Crippen molar-refractivity contribution in [2.45, 2.75) is 19.6 Å². The summed E-state index contributed by atoms with van der Waals surface area (Å²) in [5.41, 5.74) is 3.64. The van der Waals surface area contributed by atoms with Gasteiger partial charge in [0.25, 0.3) is 5.69 Å². The van der Waals surface area contributed by atoms with E-state index in [9.17, 15) is 23.3 Å². The number of non-ortho nitro benzene ring substituents is 1. The second-order valence-electron chi connectivity index (χ2n) is 3.25. The third kappa shape index (κ3) is 2.30. The van der Waals surface area contributed by atoms with Crippen LogP contribution < -0.4 is 5.73 Å². The minimum atomic E-state index is -4.63. The van der Waals surface area contributed by atoms with Crippen LogP contribution in [0.25, 0.3) is 0 Å². The molecule has 0 aliphatic heterocycles. The first-order chi connectivity index (χ1) is 7.27. The zero-order valence-electron chi connectivity index (χ0n) is 8.34. The second-order valence-corrected chi connectivity index (χ2v) is 3.25. The van der Waals surface area contributed by atoms with E-state index in [4.69, 9.17) is 5.73 Å². The Kier molecular flexibility index (Phi) is 3.18. The van der Waals surface area contributed by atoms with Gasteiger partial charge in [-0.15, -0.1) is 0 Å². The second kappa shape index (κ2) is 4.09. The summed E-state index contributed by atoms with van der Waals surface area (Å²) >= 11 is 0. The first kappa shape index (κ1) is 12.4. The van der Waals surface area contributed by atoms with Crippen molar-refractivity contribution in [2.24, 2.45) is 5.73 Å². The van der Waals surface area contributed by atoms with Crippen LogP contribution in [0, 0.1) is 17.0 Å². The molecule has 7 heteroatoms. The molecule has 0 radical (unpaired) electrons. The Morgan fingerprint density at radius 2 is 2.00 bits per heavy atom. The smallest absolute Gasteiger partial charge is 0.326 e. The highest BCUT2D eigenvalue weighted by molar-refractivity contribution is 5.46. The summed E-state index contributed by atoms with van der Waals surface area (Å²) in [4.78, 5) is 9.58. The Labute approximate surface area is 89.0 Å². The summed E-state index contributed by atoms with van der Waals surface area (Å²) in [5, 5.41) is 10.4. The fourth-order valence-electron chi connectivity index (χ4n) is 1.43. The minimum absolute atomic E-state index is 0.113. The largest absolute Gasteiger partial charge is 0.416 e. The van der Waals surface area contributed by atoms with Crippen molar-refractivity contribution >= 4 is 5.69 Å². The quantitative estimate of drug-likeness (QED) is 0.630. The lowest BCUT2D eigenvalue weighted by Gasteiger charge is -2.13. The highest BCUT2D eigenvalue weighted by Crippen LogP contribution is 2.35. The summed E-state index contributed by atoms with van der Waals surface area (Å²) < 4.78 is 37.7. The lowest BCUT2D eigenvalue weighted by Crippen LogP contribution is -2.14. The van der Waals surface area contributed by atoms with E-state index in [1.807, 2.05) is 0 Å². The zero-order valence-corrected chi connectivity index (χ0v) is 8.34. The average molecular weight is 234 g/mol. The van der Waals surface area contributed by atoms with E-state index < -0.39 is 22.4 Å². The van der Waals surface area contributed by atoms with Gasteiger partial charge in [0.05, 0.1) is 10.5 Å². The van der Waals surface area contributed by atoms with Gasteiger partial charge in [-0.1, -0.05) is 0 Å². The van der Waals surface area contributed by atoms with Crippen molar-refractivity contribution in [3.05, 3.63) is 38.9 Å². The highest BCUT2D eigenvalue weighted by atomic mass is 19.4. The van der Waals surface area contributed by atoms with Gasteiger partial charge in [0.15, 0.2) is 0 Å². The lowest BCUT2D eigenvalue weighted by atomic mass is 10.0. The van der Waals surface area contributed by atoms with Crippen LogP contribution in [0.4, 0.5) is 18.9 Å². The van der Waals surface area contributed by atoms with Gasteiger partial charge in [-0.2, -0.15) is 13.2 Å². The summed E-state index contributed by atoms with van der Waals surface area (Å²) in [7, 11) is 0. The predicted octanol–water partition coefficient (Wildman–Crippen LogP) is 2.38. The molecule has 1 rings (SSSR count). The van der Waals surface area contributed by atoms with E-state index in [2.05, 4.69) is 0 Å². The molecule has 0 fully saturated rings. The van der Waals surface area contributed by atoms with Crippen LogP contribution in [-0.2, 0) is 12.7 Å². The van der Waals surface area contributed by atoms with Crippen LogP contribution in [0.3, 0.4) is 0 Å². The molecule has 0 atom stereocenters. The first-order valence-corrected chi connectivity index (χ1v) is 4.32. The van der Waals surface area contributed by atoms with Crippen LogP contribution in [0.15, 0.2) is 12.1 Å². The minimum Gasteiger partial charge on any atom is -0.326 e. The number of rotatable bonds is 2. The van der Waals surface area contributed by atoms with E-state index in [-0.39, 0.29) is 17.7 Å². The van der Waals surface area contributed by atoms with E-state index in [1.54, 1.807) is 0 Å². The molecular formula is C9H9F3N2O2. The Bertz CT molecular complexity index is 429. The first-order valence-electron chi connectivity index (χ1n) is 4.32. The molecule has 16 heavy (non-hydrogen) atoms. The number of nitro benzene ring substituents is 1. The number of halogens is 3. The molecule has 1 aromatic carbocycles. The predicted molar refractivity (Wildman–Crippen MR) is 50.7 cm³/mol. The molecule has 0 amide bonds. The van der Waals surface area contributed by atoms with E-state index in [1.165, 1.54) is 6.92 Å². The van der Waals surface area contributed by atoms with Crippen molar-refractivity contribution in [2.75, 3.05) is 0 Å². The summed E-state index contributed by atoms with van der Waals surface area (Å²) in [6, 6.07) is 1.59. The maximum Gasteiger partial charge on any atom is 0.416 e. The molecule has 0 unspecified atom stereocenters. The van der Waals surface area contributed by atoms with E-state index in [0.29, 0.717) is 6.07 Å². The normalized spacial score (nSPS) is 11.6. The van der Waals surface area contributed by atoms with Crippen LogP contribution in [0.5, 0.6) is 0 Å². The van der Waals surface area contributed by atoms with Crippen LogP contribution in [0.1, 0.15) is 16.7 Å². The van der Waals surface area contributed by atoms with Crippen LogP contribution in [0.2, 0.25) is 0 Å². The molecule has 0 aliphatic carbocycles. The zero-order chi connectivity index (χ0) is 12.5. The van der Waals surface area contributed by atoms with Crippen molar-refractivity contribution in [3.63, 3.8) is 0 Å². The Morgan fingerprint density at radius 1 is 1.44 bits per heavy atom. The van der Waals surface area contributed by atoms with Crippen molar-refractivity contribution in [1.29, 1.82) is 0 Å². The van der Waals surface area contributed by atoms with Crippen LogP contribution >= 0.6 is 0 Å². The molecule has 2 N–H and O–H groups in total. The maximum atomic E-state index is 12.6. The van der Waals surface area contributed by atoms with Crippen molar-refractivity contribution < 1.29 is 18.1 Å². The fraction of sp³-hybridized carbons (Fsp3) is 0.333. The summed E-state index contributed by atoms with van der Waals surface area (Å²) in [5.74, 6) is 0. The molecular weight excluding hydrogens is 225 g/mol. The average Bonchev–Trinajstić information content (AvgIpc) is 2.14. The molecule has 0 bridgehead atoms. The van der Waals surface area contributed by atoms with Gasteiger partial charge in [0.1, 0.15) is 0 Å². The molecule has 0 heterocycles. The monoisotopic (exact) mass is 234 g/mol. The van der Waals surface area contributed by atoms with Gasteiger partial charge in [-0.05, 0) is 18.1 Å². The fourth-order valence-corrected chi connectivity index (χ4v) is 1.43. The van der Waals surface area contributed by atoms with Gasteiger partial charge in [0, 0.05) is 18.7 Å². The SMILES string of the molecule is Cc1cc([N+](=O)[O-])cc(C(F)(F)F)c1CN. The molecule has 0 saturated heterocycles. The number of nitro groups is 1. The topological polar surface area (TPSA) is 69.2 Å². The van der Waals surface area contributed by atoms with Gasteiger partial charge in [-0.25, -0.2) is 0 Å². The molecule has 0 aromatic heterocycles. The molecule has 0 spiro atoms. The third-order valence-electron chi connectivity index (χ3n) is 2.18. The number of alkyl halides is 3. The summed E-state index contributed by atoms with van der Waals surface area (Å²) in [6.07, 6.45) is -4.63. The molecule has 0 saturated carbocycles. The number of hydrogen-bond acceptors (Lipinski definition) is 3.